The molecule has 2 aromatic carbocycles. The second-order valence-corrected chi connectivity index (χ2v) is 5.67. The number of alkyl halides is 3. The van der Waals surface area contributed by atoms with Crippen molar-refractivity contribution in [3.8, 4) is 17.2 Å². The molecule has 0 heterocycles. The van der Waals surface area contributed by atoms with Crippen LogP contribution in [0.3, 0.4) is 0 Å². The van der Waals surface area contributed by atoms with Crippen LogP contribution in [0.25, 0.3) is 0 Å². The quantitative estimate of drug-likeness (QED) is 0.727. The van der Waals surface area contributed by atoms with E-state index >= 15 is 0 Å². The molecule has 0 amide bonds. The third kappa shape index (κ3) is 4.76. The minimum Gasteiger partial charge on any atom is -0.490 e. The smallest absolute Gasteiger partial charge is 0.416 e. The lowest BCUT2D eigenvalue weighted by Gasteiger charge is -2.13. The van der Waals surface area contributed by atoms with E-state index in [0.29, 0.717) is 16.0 Å². The van der Waals surface area contributed by atoms with E-state index in [9.17, 15) is 13.2 Å². The Morgan fingerprint density at radius 3 is 2.43 bits per heavy atom. The standard InChI is InChI=1S/C15H11BrClF3O3/c16-11-3-2-10(8-14(11)22-6-5-21)23-13-4-1-9(7-12(13)17)15(18,19)20/h1-4,7-8,21H,5-6H2. The van der Waals surface area contributed by atoms with E-state index in [-0.39, 0.29) is 24.0 Å². The second kappa shape index (κ2) is 7.42. The van der Waals surface area contributed by atoms with Gasteiger partial charge in [0.25, 0.3) is 0 Å². The molecule has 3 nitrogen and oxygen atoms in total. The molecule has 0 aliphatic heterocycles. The van der Waals surface area contributed by atoms with Gasteiger partial charge >= 0.3 is 6.18 Å². The van der Waals surface area contributed by atoms with Crippen LogP contribution < -0.4 is 9.47 Å². The molecule has 8 heteroatoms. The zero-order valence-corrected chi connectivity index (χ0v) is 13.9. The summed E-state index contributed by atoms with van der Waals surface area (Å²) in [7, 11) is 0. The number of hydrogen-bond donors (Lipinski definition) is 1. The molecule has 0 radical (unpaired) electrons. The molecule has 0 atom stereocenters. The van der Waals surface area contributed by atoms with Gasteiger partial charge < -0.3 is 14.6 Å². The van der Waals surface area contributed by atoms with Gasteiger partial charge in [0, 0.05) is 6.07 Å². The van der Waals surface area contributed by atoms with Crippen LogP contribution >= 0.6 is 27.5 Å². The van der Waals surface area contributed by atoms with E-state index in [2.05, 4.69) is 15.9 Å². The van der Waals surface area contributed by atoms with Crippen molar-refractivity contribution in [1.82, 2.24) is 0 Å². The Morgan fingerprint density at radius 2 is 1.83 bits per heavy atom. The number of benzene rings is 2. The molecule has 0 fully saturated rings. The third-order valence-electron chi connectivity index (χ3n) is 2.74. The summed E-state index contributed by atoms with van der Waals surface area (Å²) in [4.78, 5) is 0. The summed E-state index contributed by atoms with van der Waals surface area (Å²) in [5.41, 5.74) is -0.849. The van der Waals surface area contributed by atoms with Crippen LogP contribution in [0.2, 0.25) is 5.02 Å². The zero-order chi connectivity index (χ0) is 17.0. The minimum atomic E-state index is -4.47. The van der Waals surface area contributed by atoms with Crippen LogP contribution in [0.4, 0.5) is 13.2 Å². The summed E-state index contributed by atoms with van der Waals surface area (Å²) in [6.07, 6.45) is -4.47. The first-order chi connectivity index (χ1) is 10.8. The lowest BCUT2D eigenvalue weighted by atomic mass is 10.2. The molecule has 0 saturated heterocycles. The number of aliphatic hydroxyl groups excluding tert-OH is 1. The lowest BCUT2D eigenvalue weighted by Crippen LogP contribution is -2.04. The Morgan fingerprint density at radius 1 is 1.09 bits per heavy atom. The molecular weight excluding hydrogens is 401 g/mol. The number of halogens is 5. The highest BCUT2D eigenvalue weighted by Crippen LogP contribution is 2.37. The average Bonchev–Trinajstić information content (AvgIpc) is 2.48. The molecule has 0 aliphatic rings. The normalized spacial score (nSPS) is 11.4. The van der Waals surface area contributed by atoms with Crippen molar-refractivity contribution in [2.45, 2.75) is 6.18 Å². The SMILES string of the molecule is OCCOc1cc(Oc2ccc(C(F)(F)F)cc2Cl)ccc1Br. The Hall–Kier alpha value is -1.44. The summed E-state index contributed by atoms with van der Waals surface area (Å²) in [5, 5.41) is 8.62. The Kier molecular flexibility index (Phi) is 5.78. The highest BCUT2D eigenvalue weighted by Gasteiger charge is 2.31. The summed E-state index contributed by atoms with van der Waals surface area (Å²) in [6, 6.07) is 7.64. The highest BCUT2D eigenvalue weighted by atomic mass is 79.9. The van der Waals surface area contributed by atoms with Crippen LogP contribution in [0, 0.1) is 0 Å². The summed E-state index contributed by atoms with van der Waals surface area (Å²) < 4.78 is 49.2. The van der Waals surface area contributed by atoms with E-state index in [1.807, 2.05) is 0 Å². The largest absolute Gasteiger partial charge is 0.490 e. The molecule has 0 aromatic heterocycles. The van der Waals surface area contributed by atoms with Crippen LogP contribution in [-0.4, -0.2) is 18.3 Å². The number of hydrogen-bond acceptors (Lipinski definition) is 3. The summed E-state index contributed by atoms with van der Waals surface area (Å²) in [6.45, 7) is -0.0503. The average molecular weight is 412 g/mol. The predicted molar refractivity (Wildman–Crippen MR) is 83.3 cm³/mol. The van der Waals surface area contributed by atoms with Gasteiger partial charge in [0.05, 0.1) is 21.7 Å². The molecule has 0 spiro atoms. The van der Waals surface area contributed by atoms with Gasteiger partial charge in [-0.15, -0.1) is 0 Å². The van der Waals surface area contributed by atoms with Crippen LogP contribution in [0.5, 0.6) is 17.2 Å². The van der Waals surface area contributed by atoms with Gasteiger partial charge in [0.15, 0.2) is 0 Å². The summed E-state index contributed by atoms with van der Waals surface area (Å²) >= 11 is 9.12. The first-order valence-corrected chi connectivity index (χ1v) is 7.56. The van der Waals surface area contributed by atoms with Crippen molar-refractivity contribution in [3.63, 3.8) is 0 Å². The number of aliphatic hydroxyl groups is 1. The fourth-order valence-corrected chi connectivity index (χ4v) is 2.28. The van der Waals surface area contributed by atoms with Gasteiger partial charge in [-0.3, -0.25) is 0 Å². The predicted octanol–water partition coefficient (Wildman–Crippen LogP) is 5.28. The third-order valence-corrected chi connectivity index (χ3v) is 3.69. The maximum absolute atomic E-state index is 12.6. The molecule has 1 N–H and O–H groups in total. The summed E-state index contributed by atoms with van der Waals surface area (Å²) in [5.74, 6) is 0.859. The van der Waals surface area contributed by atoms with Crippen molar-refractivity contribution in [2.75, 3.05) is 13.2 Å². The molecule has 2 rings (SSSR count). The van der Waals surface area contributed by atoms with Crippen LogP contribution in [-0.2, 0) is 6.18 Å². The molecule has 23 heavy (non-hydrogen) atoms. The molecule has 2 aromatic rings. The highest BCUT2D eigenvalue weighted by molar-refractivity contribution is 9.10. The van der Waals surface area contributed by atoms with Gasteiger partial charge in [-0.2, -0.15) is 13.2 Å². The molecule has 0 bridgehead atoms. The van der Waals surface area contributed by atoms with Crippen LogP contribution in [0.1, 0.15) is 5.56 Å². The van der Waals surface area contributed by atoms with Gasteiger partial charge in [-0.05, 0) is 46.3 Å². The first-order valence-electron chi connectivity index (χ1n) is 6.39. The maximum Gasteiger partial charge on any atom is 0.416 e. The Bertz CT molecular complexity index is 692. The van der Waals surface area contributed by atoms with Gasteiger partial charge in [-0.25, -0.2) is 0 Å². The first kappa shape index (κ1) is 17.9. The molecular formula is C15H11BrClF3O3. The fraction of sp³-hybridized carbons (Fsp3) is 0.200. The van der Waals surface area contributed by atoms with Crippen LogP contribution in [0.15, 0.2) is 40.9 Å². The van der Waals surface area contributed by atoms with Gasteiger partial charge in [0.1, 0.15) is 23.9 Å². The topological polar surface area (TPSA) is 38.7 Å². The Labute approximate surface area is 143 Å². The molecule has 0 unspecified atom stereocenters. The fourth-order valence-electron chi connectivity index (χ4n) is 1.70. The maximum atomic E-state index is 12.6. The zero-order valence-electron chi connectivity index (χ0n) is 11.5. The van der Waals surface area contributed by atoms with Crippen molar-refractivity contribution >= 4 is 27.5 Å². The van der Waals surface area contributed by atoms with E-state index < -0.39 is 11.7 Å². The van der Waals surface area contributed by atoms with Gasteiger partial charge in [0.2, 0.25) is 0 Å². The van der Waals surface area contributed by atoms with Crippen molar-refractivity contribution < 1.29 is 27.8 Å². The molecule has 124 valence electrons. The molecule has 0 aliphatic carbocycles. The van der Waals surface area contributed by atoms with Crippen molar-refractivity contribution in [2.24, 2.45) is 0 Å². The lowest BCUT2D eigenvalue weighted by molar-refractivity contribution is -0.137. The van der Waals surface area contributed by atoms with E-state index in [1.54, 1.807) is 12.1 Å². The van der Waals surface area contributed by atoms with Crippen molar-refractivity contribution in [1.29, 1.82) is 0 Å². The number of rotatable bonds is 5. The minimum absolute atomic E-state index is 0.0927. The molecule has 0 saturated carbocycles. The van der Waals surface area contributed by atoms with Crippen molar-refractivity contribution in [3.05, 3.63) is 51.5 Å². The second-order valence-electron chi connectivity index (χ2n) is 4.41. The van der Waals surface area contributed by atoms with E-state index in [0.717, 1.165) is 18.2 Å². The number of ether oxygens (including phenoxy) is 2. The Balaban J connectivity index is 2.22. The van der Waals surface area contributed by atoms with E-state index in [4.69, 9.17) is 26.2 Å². The van der Waals surface area contributed by atoms with E-state index in [1.165, 1.54) is 6.07 Å². The monoisotopic (exact) mass is 410 g/mol. The van der Waals surface area contributed by atoms with Gasteiger partial charge in [-0.1, -0.05) is 11.6 Å².